The number of rotatable bonds is 2. The van der Waals surface area contributed by atoms with Crippen molar-refractivity contribution in [2.75, 3.05) is 0 Å². The van der Waals surface area contributed by atoms with E-state index in [1.807, 2.05) is 0 Å². The fourth-order valence-corrected chi connectivity index (χ4v) is 2.30. The van der Waals surface area contributed by atoms with Gasteiger partial charge in [0.1, 0.15) is 5.82 Å². The predicted octanol–water partition coefficient (Wildman–Crippen LogP) is 4.70. The second-order valence-corrected chi connectivity index (χ2v) is 5.73. The Morgan fingerprint density at radius 3 is 1.62 bits per heavy atom. The van der Waals surface area contributed by atoms with Gasteiger partial charge in [-0.2, -0.15) is 17.6 Å². The summed E-state index contributed by atoms with van der Waals surface area (Å²) in [7, 11) is 0. The summed E-state index contributed by atoms with van der Waals surface area (Å²) >= 11 is 15.2. The molecule has 21 heavy (non-hydrogen) atoms. The van der Waals surface area contributed by atoms with E-state index in [0.717, 1.165) is 0 Å². The van der Waals surface area contributed by atoms with Crippen LogP contribution in [0.3, 0.4) is 0 Å². The Hall–Kier alpha value is -0.730. The molecule has 0 spiro atoms. The molecule has 0 saturated heterocycles. The highest BCUT2D eigenvalue weighted by Crippen LogP contribution is 2.63. The number of hydrogen-bond donors (Lipinski definition) is 0. The minimum Gasteiger partial charge on any atom is -0.277 e. The standard InChI is InChI=1S/C10Cl3F7O/c11-7(21)8(12,13)3-4(14)1-2(5(15)6(3)16)10(19,20)9(1,17)18. The van der Waals surface area contributed by atoms with Crippen molar-refractivity contribution >= 4 is 40.0 Å². The summed E-state index contributed by atoms with van der Waals surface area (Å²) in [5.41, 5.74) is -6.15. The van der Waals surface area contributed by atoms with E-state index in [1.54, 1.807) is 0 Å². The van der Waals surface area contributed by atoms with Crippen molar-refractivity contribution < 1.29 is 35.5 Å². The molecule has 1 aromatic carbocycles. The molecular formula is C10Cl3F7O. The molecule has 1 aliphatic carbocycles. The summed E-state index contributed by atoms with van der Waals surface area (Å²) in [5.74, 6) is -17.5. The minimum atomic E-state index is -5.12. The number of carbonyl (C=O) groups is 1. The quantitative estimate of drug-likeness (QED) is 0.317. The van der Waals surface area contributed by atoms with Gasteiger partial charge >= 0.3 is 11.8 Å². The molecule has 11 heteroatoms. The molecule has 116 valence electrons. The Labute approximate surface area is 126 Å². The van der Waals surface area contributed by atoms with Crippen LogP contribution in [0.25, 0.3) is 0 Å². The number of alkyl halides is 6. The largest absolute Gasteiger partial charge is 0.343 e. The normalized spacial score (nSPS) is 19.0. The third-order valence-electron chi connectivity index (χ3n) is 2.90. The van der Waals surface area contributed by atoms with Crippen LogP contribution >= 0.6 is 34.8 Å². The van der Waals surface area contributed by atoms with Gasteiger partial charge in [-0.3, -0.25) is 4.79 Å². The minimum absolute atomic E-state index is 1.84. The van der Waals surface area contributed by atoms with Gasteiger partial charge in [0.25, 0.3) is 5.24 Å². The van der Waals surface area contributed by atoms with Gasteiger partial charge in [0.05, 0.1) is 16.7 Å². The van der Waals surface area contributed by atoms with Crippen LogP contribution in [0.4, 0.5) is 30.7 Å². The van der Waals surface area contributed by atoms with Crippen molar-refractivity contribution in [2.24, 2.45) is 0 Å². The lowest BCUT2D eigenvalue weighted by Gasteiger charge is -2.40. The average Bonchev–Trinajstić information content (AvgIpc) is 2.32. The van der Waals surface area contributed by atoms with E-state index in [0.29, 0.717) is 0 Å². The first-order chi connectivity index (χ1) is 9.29. The molecule has 1 nitrogen and oxygen atoms in total. The van der Waals surface area contributed by atoms with Gasteiger partial charge in [-0.25, -0.2) is 13.2 Å². The second kappa shape index (κ2) is 4.39. The molecule has 0 atom stereocenters. The van der Waals surface area contributed by atoms with E-state index in [2.05, 4.69) is 0 Å². The van der Waals surface area contributed by atoms with Crippen molar-refractivity contribution in [2.45, 2.75) is 16.2 Å². The Kier molecular flexibility index (Phi) is 3.48. The van der Waals surface area contributed by atoms with E-state index < -0.39 is 55.6 Å². The molecule has 0 bridgehead atoms. The van der Waals surface area contributed by atoms with Crippen LogP contribution in [0.2, 0.25) is 0 Å². The Morgan fingerprint density at radius 1 is 0.857 bits per heavy atom. The molecule has 0 heterocycles. The van der Waals surface area contributed by atoms with Crippen LogP contribution in [0.15, 0.2) is 0 Å². The summed E-state index contributed by atoms with van der Waals surface area (Å²) in [6, 6.07) is 0. The van der Waals surface area contributed by atoms with Crippen molar-refractivity contribution in [3.8, 4) is 0 Å². The monoisotopic (exact) mass is 374 g/mol. The third-order valence-corrected chi connectivity index (χ3v) is 4.10. The fourth-order valence-electron chi connectivity index (χ4n) is 1.88. The summed E-state index contributed by atoms with van der Waals surface area (Å²) in [6.07, 6.45) is 0. The van der Waals surface area contributed by atoms with E-state index in [9.17, 15) is 35.5 Å². The first-order valence-corrected chi connectivity index (χ1v) is 5.98. The van der Waals surface area contributed by atoms with Gasteiger partial charge in [0, 0.05) is 0 Å². The maximum Gasteiger partial charge on any atom is 0.343 e. The number of benzene rings is 1. The molecule has 0 unspecified atom stereocenters. The van der Waals surface area contributed by atoms with E-state index in [-0.39, 0.29) is 0 Å². The molecule has 0 aliphatic heterocycles. The first-order valence-electron chi connectivity index (χ1n) is 4.84. The van der Waals surface area contributed by atoms with Gasteiger partial charge in [-0.15, -0.1) is 0 Å². The first kappa shape index (κ1) is 16.6. The topological polar surface area (TPSA) is 17.1 Å². The van der Waals surface area contributed by atoms with E-state index >= 15 is 0 Å². The molecule has 0 radical (unpaired) electrons. The van der Waals surface area contributed by atoms with Crippen LogP contribution in [-0.2, 0) is 21.0 Å². The lowest BCUT2D eigenvalue weighted by atomic mass is 9.77. The van der Waals surface area contributed by atoms with Crippen LogP contribution in [0.1, 0.15) is 16.7 Å². The zero-order valence-electron chi connectivity index (χ0n) is 9.19. The summed E-state index contributed by atoms with van der Waals surface area (Å²) < 4.78 is 90.1. The molecule has 0 saturated carbocycles. The van der Waals surface area contributed by atoms with Crippen LogP contribution in [0.5, 0.6) is 0 Å². The smallest absolute Gasteiger partial charge is 0.277 e. The van der Waals surface area contributed by atoms with Gasteiger partial charge in [-0.05, 0) is 11.6 Å². The number of fused-ring (bicyclic) bond motifs is 1. The van der Waals surface area contributed by atoms with Crippen molar-refractivity contribution in [3.05, 3.63) is 34.1 Å². The second-order valence-electron chi connectivity index (χ2n) is 4.06. The maximum atomic E-state index is 13.8. The van der Waals surface area contributed by atoms with Gasteiger partial charge < -0.3 is 0 Å². The highest BCUT2D eigenvalue weighted by atomic mass is 35.5. The summed E-state index contributed by atoms with van der Waals surface area (Å²) in [4.78, 5) is 10.9. The van der Waals surface area contributed by atoms with E-state index in [4.69, 9.17) is 34.8 Å². The zero-order valence-corrected chi connectivity index (χ0v) is 11.5. The van der Waals surface area contributed by atoms with Crippen molar-refractivity contribution in [1.29, 1.82) is 0 Å². The molecule has 2 rings (SSSR count). The average molecular weight is 375 g/mol. The number of hydrogen-bond acceptors (Lipinski definition) is 1. The predicted molar refractivity (Wildman–Crippen MR) is 58.3 cm³/mol. The Bertz CT molecular complexity index is 671. The number of halogens is 10. The zero-order chi connectivity index (χ0) is 16.5. The Morgan fingerprint density at radius 2 is 1.24 bits per heavy atom. The molecule has 1 aliphatic rings. The fraction of sp³-hybridized carbons (Fsp3) is 0.300. The molecule has 0 N–H and O–H groups in total. The third kappa shape index (κ3) is 1.82. The molecule has 0 fully saturated rings. The molecular weight excluding hydrogens is 375 g/mol. The highest BCUT2D eigenvalue weighted by molar-refractivity contribution is 6.77. The van der Waals surface area contributed by atoms with Crippen LogP contribution < -0.4 is 0 Å². The molecule has 0 aromatic heterocycles. The Balaban J connectivity index is 2.91. The summed E-state index contributed by atoms with van der Waals surface area (Å²) in [5, 5.41) is -1.84. The SMILES string of the molecule is O=C(Cl)C(Cl)(Cl)c1c(F)c(F)c2c(c1F)C(F)(F)C2(F)F. The number of carbonyl (C=O) groups excluding carboxylic acids is 1. The van der Waals surface area contributed by atoms with Crippen LogP contribution in [0, 0.1) is 17.5 Å². The lowest BCUT2D eigenvalue weighted by molar-refractivity contribution is -0.258. The van der Waals surface area contributed by atoms with Crippen molar-refractivity contribution in [1.82, 2.24) is 0 Å². The molecule has 1 aromatic rings. The molecule has 0 amide bonds. The lowest BCUT2D eigenvalue weighted by Crippen LogP contribution is -2.50. The van der Waals surface area contributed by atoms with Gasteiger partial charge in [0.15, 0.2) is 11.6 Å². The van der Waals surface area contributed by atoms with E-state index in [1.165, 1.54) is 0 Å². The maximum absolute atomic E-state index is 13.8. The van der Waals surface area contributed by atoms with Gasteiger partial charge in [-0.1, -0.05) is 23.2 Å². The van der Waals surface area contributed by atoms with Crippen molar-refractivity contribution in [3.63, 3.8) is 0 Å². The van der Waals surface area contributed by atoms with Gasteiger partial charge in [0.2, 0.25) is 4.33 Å². The highest BCUT2D eigenvalue weighted by Gasteiger charge is 2.73. The van der Waals surface area contributed by atoms with Crippen LogP contribution in [-0.4, -0.2) is 5.24 Å². The summed E-state index contributed by atoms with van der Waals surface area (Å²) in [6.45, 7) is 0.